The van der Waals surface area contributed by atoms with Crippen LogP contribution >= 0.6 is 11.6 Å². The maximum absolute atomic E-state index is 12.5. The summed E-state index contributed by atoms with van der Waals surface area (Å²) in [6.07, 6.45) is 0. The van der Waals surface area contributed by atoms with Crippen molar-refractivity contribution in [3.63, 3.8) is 0 Å². The van der Waals surface area contributed by atoms with Gasteiger partial charge >= 0.3 is 0 Å². The maximum atomic E-state index is 12.5. The lowest BCUT2D eigenvalue weighted by molar-refractivity contribution is -0.123. The minimum absolute atomic E-state index is 0.00593. The lowest BCUT2D eigenvalue weighted by atomic mass is 10.2. The van der Waals surface area contributed by atoms with Crippen molar-refractivity contribution in [1.29, 1.82) is 0 Å². The Morgan fingerprint density at radius 3 is 2.38 bits per heavy atom. The summed E-state index contributed by atoms with van der Waals surface area (Å²) in [4.78, 5) is 12.1. The van der Waals surface area contributed by atoms with Gasteiger partial charge in [-0.15, -0.1) is 0 Å². The third-order valence-corrected chi connectivity index (χ3v) is 6.24. The number of halogens is 1. The number of methoxy groups -OCH3 is 1. The lowest BCUT2D eigenvalue weighted by Crippen LogP contribution is -2.28. The van der Waals surface area contributed by atoms with E-state index in [4.69, 9.17) is 21.1 Å². The van der Waals surface area contributed by atoms with Gasteiger partial charge in [-0.05, 0) is 29.8 Å². The summed E-state index contributed by atoms with van der Waals surface area (Å²) in [5.74, 6) is 0.531. The fraction of sp³-hybridized carbons (Fsp3) is 0.174. The molecule has 168 valence electrons. The highest BCUT2D eigenvalue weighted by molar-refractivity contribution is 7.89. The number of sulfonamides is 1. The summed E-state index contributed by atoms with van der Waals surface area (Å²) in [7, 11) is -2.19. The molecular weight excluding hydrogens is 452 g/mol. The Kier molecular flexibility index (Phi) is 8.10. The third-order valence-electron chi connectivity index (χ3n) is 4.55. The fourth-order valence-corrected chi connectivity index (χ4v) is 4.20. The smallest absolute Gasteiger partial charge is 0.258 e. The van der Waals surface area contributed by atoms with E-state index in [-0.39, 0.29) is 41.3 Å². The van der Waals surface area contributed by atoms with Crippen molar-refractivity contribution in [2.24, 2.45) is 0 Å². The highest BCUT2D eigenvalue weighted by atomic mass is 35.5. The van der Waals surface area contributed by atoms with Crippen LogP contribution < -0.4 is 19.5 Å². The monoisotopic (exact) mass is 474 g/mol. The molecule has 0 saturated carbocycles. The Labute approximate surface area is 192 Å². The van der Waals surface area contributed by atoms with E-state index in [1.54, 1.807) is 7.11 Å². The van der Waals surface area contributed by atoms with E-state index in [1.165, 1.54) is 18.2 Å². The van der Waals surface area contributed by atoms with Gasteiger partial charge in [0.15, 0.2) is 6.61 Å². The molecule has 0 heterocycles. The summed E-state index contributed by atoms with van der Waals surface area (Å²) in [5, 5.41) is 2.83. The minimum Gasteiger partial charge on any atom is -0.496 e. The molecule has 0 radical (unpaired) electrons. The fourth-order valence-electron chi connectivity index (χ4n) is 2.86. The van der Waals surface area contributed by atoms with Gasteiger partial charge in [0, 0.05) is 18.7 Å². The average molecular weight is 475 g/mol. The molecule has 32 heavy (non-hydrogen) atoms. The molecule has 1 amide bonds. The van der Waals surface area contributed by atoms with Crippen molar-refractivity contribution in [2.75, 3.05) is 13.7 Å². The first-order chi connectivity index (χ1) is 15.4. The largest absolute Gasteiger partial charge is 0.496 e. The number of amides is 1. The number of benzene rings is 3. The van der Waals surface area contributed by atoms with E-state index in [9.17, 15) is 13.2 Å². The van der Waals surface area contributed by atoms with Crippen LogP contribution in [-0.2, 0) is 27.9 Å². The standard InChI is InChI=1S/C23H23ClN2O5S/c1-30-21-10-6-5-9-18(21)15-25-23(27)16-31-22-12-11-19(13-20(22)24)32(28,29)26-14-17-7-3-2-4-8-17/h2-13,26H,14-16H2,1H3,(H,25,27). The summed E-state index contributed by atoms with van der Waals surface area (Å²) in [6.45, 7) is 0.169. The van der Waals surface area contributed by atoms with E-state index in [1.807, 2.05) is 54.6 Å². The van der Waals surface area contributed by atoms with Gasteiger partial charge in [0.2, 0.25) is 10.0 Å². The van der Waals surface area contributed by atoms with Crippen molar-refractivity contribution in [2.45, 2.75) is 18.0 Å². The Bertz CT molecular complexity index is 1170. The Hall–Kier alpha value is -3.07. The number of para-hydroxylation sites is 1. The van der Waals surface area contributed by atoms with Crippen LogP contribution in [-0.4, -0.2) is 28.0 Å². The van der Waals surface area contributed by atoms with Gasteiger partial charge in [0.25, 0.3) is 5.91 Å². The molecule has 0 aromatic heterocycles. The van der Waals surface area contributed by atoms with Crippen LogP contribution in [0.2, 0.25) is 5.02 Å². The number of hydrogen-bond acceptors (Lipinski definition) is 5. The Morgan fingerprint density at radius 2 is 1.66 bits per heavy atom. The van der Waals surface area contributed by atoms with Crippen molar-refractivity contribution in [1.82, 2.24) is 10.0 Å². The van der Waals surface area contributed by atoms with Gasteiger partial charge in [-0.2, -0.15) is 0 Å². The number of hydrogen-bond donors (Lipinski definition) is 2. The second-order valence-corrected chi connectivity index (χ2v) is 8.95. The number of carbonyl (C=O) groups is 1. The van der Waals surface area contributed by atoms with Crippen LogP contribution in [0.3, 0.4) is 0 Å². The van der Waals surface area contributed by atoms with Gasteiger partial charge in [-0.25, -0.2) is 13.1 Å². The van der Waals surface area contributed by atoms with Crippen LogP contribution in [0.1, 0.15) is 11.1 Å². The quantitative estimate of drug-likeness (QED) is 0.469. The zero-order valence-corrected chi connectivity index (χ0v) is 18.9. The molecule has 0 spiro atoms. The molecule has 0 atom stereocenters. The van der Waals surface area contributed by atoms with Gasteiger partial charge < -0.3 is 14.8 Å². The molecule has 0 aliphatic carbocycles. The predicted molar refractivity (Wildman–Crippen MR) is 122 cm³/mol. The molecule has 3 aromatic carbocycles. The van der Waals surface area contributed by atoms with Crippen molar-refractivity contribution < 1.29 is 22.7 Å². The molecular formula is C23H23ClN2O5S. The number of rotatable bonds is 10. The molecule has 0 aliphatic heterocycles. The van der Waals surface area contributed by atoms with Gasteiger partial charge in [-0.3, -0.25) is 4.79 Å². The molecule has 3 aromatic rings. The molecule has 7 nitrogen and oxygen atoms in total. The number of carbonyl (C=O) groups excluding carboxylic acids is 1. The van der Waals surface area contributed by atoms with Crippen molar-refractivity contribution in [3.8, 4) is 11.5 Å². The van der Waals surface area contributed by atoms with Gasteiger partial charge in [-0.1, -0.05) is 60.1 Å². The van der Waals surface area contributed by atoms with E-state index in [0.29, 0.717) is 5.75 Å². The van der Waals surface area contributed by atoms with E-state index in [2.05, 4.69) is 10.0 Å². The highest BCUT2D eigenvalue weighted by Crippen LogP contribution is 2.27. The van der Waals surface area contributed by atoms with Crippen LogP contribution in [0, 0.1) is 0 Å². The number of nitrogens with one attached hydrogen (secondary N) is 2. The van der Waals surface area contributed by atoms with Crippen molar-refractivity contribution >= 4 is 27.5 Å². The first kappa shape index (κ1) is 23.6. The predicted octanol–water partition coefficient (Wildman–Crippen LogP) is 3.52. The zero-order valence-electron chi connectivity index (χ0n) is 17.4. The van der Waals surface area contributed by atoms with Crippen LogP contribution in [0.5, 0.6) is 11.5 Å². The summed E-state index contributed by atoms with van der Waals surface area (Å²) in [5.41, 5.74) is 1.67. The summed E-state index contributed by atoms with van der Waals surface area (Å²) < 4.78 is 38.3. The second-order valence-electron chi connectivity index (χ2n) is 6.78. The molecule has 9 heteroatoms. The second kappa shape index (κ2) is 11.0. The zero-order chi connectivity index (χ0) is 23.0. The first-order valence-corrected chi connectivity index (χ1v) is 11.6. The molecule has 0 bridgehead atoms. The van der Waals surface area contributed by atoms with Gasteiger partial charge in [0.05, 0.1) is 17.0 Å². The number of ether oxygens (including phenoxy) is 2. The van der Waals surface area contributed by atoms with Crippen LogP contribution in [0.25, 0.3) is 0 Å². The molecule has 3 rings (SSSR count). The van der Waals surface area contributed by atoms with Crippen LogP contribution in [0.15, 0.2) is 77.7 Å². The molecule has 0 saturated heterocycles. The van der Waals surface area contributed by atoms with E-state index < -0.39 is 10.0 Å². The Balaban J connectivity index is 1.55. The topological polar surface area (TPSA) is 93.7 Å². The minimum atomic E-state index is -3.76. The molecule has 0 unspecified atom stereocenters. The normalized spacial score (nSPS) is 11.1. The average Bonchev–Trinajstić information content (AvgIpc) is 2.81. The van der Waals surface area contributed by atoms with Crippen molar-refractivity contribution in [3.05, 3.63) is 88.9 Å². The molecule has 0 aliphatic rings. The van der Waals surface area contributed by atoms with Gasteiger partial charge in [0.1, 0.15) is 11.5 Å². The summed E-state index contributed by atoms with van der Waals surface area (Å²) in [6, 6.07) is 20.6. The van der Waals surface area contributed by atoms with Crippen LogP contribution in [0.4, 0.5) is 0 Å². The maximum Gasteiger partial charge on any atom is 0.258 e. The van der Waals surface area contributed by atoms with E-state index in [0.717, 1.165) is 11.1 Å². The third kappa shape index (κ3) is 6.46. The molecule has 2 N–H and O–H groups in total. The summed E-state index contributed by atoms with van der Waals surface area (Å²) >= 11 is 6.18. The molecule has 0 fully saturated rings. The Morgan fingerprint density at radius 1 is 0.938 bits per heavy atom. The lowest BCUT2D eigenvalue weighted by Gasteiger charge is -2.12. The van der Waals surface area contributed by atoms with E-state index >= 15 is 0 Å². The highest BCUT2D eigenvalue weighted by Gasteiger charge is 2.16. The first-order valence-electron chi connectivity index (χ1n) is 9.73. The SMILES string of the molecule is COc1ccccc1CNC(=O)COc1ccc(S(=O)(=O)NCc2ccccc2)cc1Cl.